The number of anilines is 1. The monoisotopic (exact) mass is 468 g/mol. The van der Waals surface area contributed by atoms with Crippen molar-refractivity contribution in [1.29, 1.82) is 0 Å². The van der Waals surface area contributed by atoms with Crippen LogP contribution in [-0.4, -0.2) is 52.7 Å². The Bertz CT molecular complexity index is 955. The summed E-state index contributed by atoms with van der Waals surface area (Å²) in [6.45, 7) is 5.53. The fourth-order valence-electron chi connectivity index (χ4n) is 3.41. The molecule has 2 aromatic heterocycles. The zero-order valence-corrected chi connectivity index (χ0v) is 19.0. The molecular formula is C21H26Cl2N4O4. The molecule has 3 heterocycles. The van der Waals surface area contributed by atoms with E-state index in [0.29, 0.717) is 55.0 Å². The Labute approximate surface area is 190 Å². The summed E-state index contributed by atoms with van der Waals surface area (Å²) in [7, 11) is 0. The van der Waals surface area contributed by atoms with Crippen LogP contribution in [0, 0.1) is 6.92 Å². The number of aryl methyl sites for hydroxylation is 1. The maximum Gasteiger partial charge on any atom is 0.336 e. The highest BCUT2D eigenvalue weighted by molar-refractivity contribution is 6.44. The summed E-state index contributed by atoms with van der Waals surface area (Å²) in [6, 6.07) is 2.96. The number of amides is 1. The van der Waals surface area contributed by atoms with Gasteiger partial charge in [-0.05, 0) is 32.3 Å². The van der Waals surface area contributed by atoms with Crippen molar-refractivity contribution in [3.63, 3.8) is 0 Å². The van der Waals surface area contributed by atoms with Crippen LogP contribution in [-0.2, 0) is 0 Å². The van der Waals surface area contributed by atoms with Gasteiger partial charge in [0.25, 0.3) is 5.91 Å². The molecule has 0 aliphatic carbocycles. The number of rotatable bonds is 8. The number of unbranched alkanes of at least 4 members (excludes halogenated alkanes) is 1. The lowest BCUT2D eigenvalue weighted by molar-refractivity contribution is 0.0695. The molecule has 31 heavy (non-hydrogen) atoms. The molecular weight excluding hydrogens is 443 g/mol. The molecule has 1 fully saturated rings. The molecule has 3 N–H and O–H groups in total. The van der Waals surface area contributed by atoms with Crippen molar-refractivity contribution in [3.8, 4) is 5.88 Å². The van der Waals surface area contributed by atoms with Crippen LogP contribution in [0.3, 0.4) is 0 Å². The minimum Gasteiger partial charge on any atom is -0.478 e. The molecule has 0 aromatic carbocycles. The SMILES string of the molecule is CCCCOc1cc(C(=O)O)cc(N2CCC(NC(=O)c3[nH]c(C)c(Cl)c3Cl)CC2)n1. The van der Waals surface area contributed by atoms with E-state index in [1.165, 1.54) is 6.07 Å². The van der Waals surface area contributed by atoms with Gasteiger partial charge in [-0.3, -0.25) is 4.79 Å². The zero-order chi connectivity index (χ0) is 22.5. The Morgan fingerprint density at radius 2 is 2.00 bits per heavy atom. The van der Waals surface area contributed by atoms with Gasteiger partial charge in [-0.2, -0.15) is 4.98 Å². The van der Waals surface area contributed by atoms with Gasteiger partial charge in [0.2, 0.25) is 5.88 Å². The first-order valence-electron chi connectivity index (χ1n) is 10.3. The lowest BCUT2D eigenvalue weighted by atomic mass is 10.0. The first-order chi connectivity index (χ1) is 14.8. The maximum atomic E-state index is 12.5. The normalized spacial score (nSPS) is 14.5. The molecule has 0 spiro atoms. The number of nitrogens with one attached hydrogen (secondary N) is 2. The van der Waals surface area contributed by atoms with Gasteiger partial charge in [-0.1, -0.05) is 36.5 Å². The summed E-state index contributed by atoms with van der Waals surface area (Å²) < 4.78 is 5.63. The average molecular weight is 469 g/mol. The van der Waals surface area contributed by atoms with Crippen LogP contribution in [0.4, 0.5) is 5.82 Å². The number of ether oxygens (including phenoxy) is 1. The molecule has 1 aliphatic rings. The first-order valence-corrected chi connectivity index (χ1v) is 11.0. The minimum absolute atomic E-state index is 0.0369. The van der Waals surface area contributed by atoms with Gasteiger partial charge >= 0.3 is 5.97 Å². The average Bonchev–Trinajstić information content (AvgIpc) is 3.01. The topological polar surface area (TPSA) is 108 Å². The Kier molecular flexibility index (Phi) is 7.67. The molecule has 1 saturated heterocycles. The number of aromatic nitrogens is 2. The van der Waals surface area contributed by atoms with Crippen LogP contribution >= 0.6 is 23.2 Å². The molecule has 1 amide bonds. The van der Waals surface area contributed by atoms with Gasteiger partial charge in [0.05, 0.1) is 22.2 Å². The van der Waals surface area contributed by atoms with Crippen molar-refractivity contribution < 1.29 is 19.4 Å². The molecule has 2 aromatic rings. The van der Waals surface area contributed by atoms with Crippen molar-refractivity contribution in [3.05, 3.63) is 39.1 Å². The molecule has 0 atom stereocenters. The number of pyridine rings is 1. The van der Waals surface area contributed by atoms with Crippen molar-refractivity contribution in [1.82, 2.24) is 15.3 Å². The van der Waals surface area contributed by atoms with Crippen molar-refractivity contribution >= 4 is 40.9 Å². The number of halogens is 2. The van der Waals surface area contributed by atoms with E-state index in [2.05, 4.69) is 22.2 Å². The number of carbonyl (C=O) groups excluding carboxylic acids is 1. The van der Waals surface area contributed by atoms with Crippen LogP contribution in [0.1, 0.15) is 59.1 Å². The number of aromatic amines is 1. The molecule has 1 aliphatic heterocycles. The molecule has 168 valence electrons. The van der Waals surface area contributed by atoms with Crippen molar-refractivity contribution in [2.24, 2.45) is 0 Å². The third kappa shape index (κ3) is 5.62. The summed E-state index contributed by atoms with van der Waals surface area (Å²) in [5.74, 6) is -0.447. The molecule has 8 nitrogen and oxygen atoms in total. The summed E-state index contributed by atoms with van der Waals surface area (Å²) in [6.07, 6.45) is 3.21. The smallest absolute Gasteiger partial charge is 0.336 e. The van der Waals surface area contributed by atoms with Crippen LogP contribution < -0.4 is 15.0 Å². The Morgan fingerprint density at radius 3 is 2.58 bits per heavy atom. The lowest BCUT2D eigenvalue weighted by Crippen LogP contribution is -2.45. The van der Waals surface area contributed by atoms with E-state index in [0.717, 1.165) is 12.8 Å². The molecule has 0 saturated carbocycles. The van der Waals surface area contributed by atoms with Gasteiger partial charge < -0.3 is 25.0 Å². The standard InChI is InChI=1S/C21H26Cl2N4O4/c1-3-4-9-31-16-11-13(21(29)30)10-15(26-16)27-7-5-14(6-8-27)25-20(28)19-18(23)17(22)12(2)24-19/h10-11,14,24H,3-9H2,1-2H3,(H,25,28)(H,29,30). The summed E-state index contributed by atoms with van der Waals surface area (Å²) >= 11 is 12.2. The van der Waals surface area contributed by atoms with Crippen molar-refractivity contribution in [2.45, 2.75) is 45.6 Å². The summed E-state index contributed by atoms with van der Waals surface area (Å²) in [5, 5.41) is 13.0. The van der Waals surface area contributed by atoms with Crippen LogP contribution in [0.5, 0.6) is 5.88 Å². The Morgan fingerprint density at radius 1 is 1.29 bits per heavy atom. The quantitative estimate of drug-likeness (QED) is 0.498. The third-order valence-electron chi connectivity index (χ3n) is 5.22. The number of carboxylic acids is 1. The first kappa shape index (κ1) is 23.2. The fraction of sp³-hybridized carbons (Fsp3) is 0.476. The highest BCUT2D eigenvalue weighted by Crippen LogP contribution is 2.29. The van der Waals surface area contributed by atoms with Gasteiger partial charge in [0, 0.05) is 30.9 Å². The number of carboxylic acid groups (broad SMARTS) is 1. The van der Waals surface area contributed by atoms with E-state index < -0.39 is 5.97 Å². The maximum absolute atomic E-state index is 12.5. The van der Waals surface area contributed by atoms with E-state index in [1.807, 2.05) is 4.90 Å². The molecule has 0 radical (unpaired) electrons. The van der Waals surface area contributed by atoms with E-state index in [1.54, 1.807) is 13.0 Å². The predicted octanol–water partition coefficient (Wildman–Crippen LogP) is 4.30. The van der Waals surface area contributed by atoms with Crippen LogP contribution in [0.15, 0.2) is 12.1 Å². The zero-order valence-electron chi connectivity index (χ0n) is 17.5. The highest BCUT2D eigenvalue weighted by Gasteiger charge is 2.25. The molecule has 0 unspecified atom stereocenters. The van der Waals surface area contributed by atoms with Gasteiger partial charge in [-0.15, -0.1) is 0 Å². The number of piperidine rings is 1. The lowest BCUT2D eigenvalue weighted by Gasteiger charge is -2.33. The summed E-state index contributed by atoms with van der Waals surface area (Å²) in [5.41, 5.74) is 1.05. The summed E-state index contributed by atoms with van der Waals surface area (Å²) in [4.78, 5) is 33.5. The van der Waals surface area contributed by atoms with Gasteiger partial charge in [0.1, 0.15) is 11.5 Å². The van der Waals surface area contributed by atoms with Gasteiger partial charge in [-0.25, -0.2) is 4.79 Å². The number of H-pyrrole nitrogens is 1. The fourth-order valence-corrected chi connectivity index (χ4v) is 3.83. The Balaban J connectivity index is 1.63. The number of hydrogen-bond donors (Lipinski definition) is 3. The number of aromatic carboxylic acids is 1. The second kappa shape index (κ2) is 10.2. The molecule has 10 heteroatoms. The number of carbonyl (C=O) groups is 2. The molecule has 0 bridgehead atoms. The van der Waals surface area contributed by atoms with E-state index in [9.17, 15) is 14.7 Å². The third-order valence-corrected chi connectivity index (χ3v) is 6.17. The Hall–Kier alpha value is -2.45. The molecule has 3 rings (SSSR count). The largest absolute Gasteiger partial charge is 0.478 e. The number of nitrogens with zero attached hydrogens (tertiary/aromatic N) is 2. The predicted molar refractivity (Wildman–Crippen MR) is 120 cm³/mol. The van der Waals surface area contributed by atoms with Crippen molar-refractivity contribution in [2.75, 3.05) is 24.6 Å². The highest BCUT2D eigenvalue weighted by atomic mass is 35.5. The van der Waals surface area contributed by atoms with E-state index in [-0.39, 0.29) is 28.2 Å². The van der Waals surface area contributed by atoms with Gasteiger partial charge in [0.15, 0.2) is 0 Å². The van der Waals surface area contributed by atoms with Crippen LogP contribution in [0.2, 0.25) is 10.0 Å². The second-order valence-electron chi connectivity index (χ2n) is 7.55. The minimum atomic E-state index is -1.03. The van der Waals surface area contributed by atoms with E-state index >= 15 is 0 Å². The number of hydrogen-bond acceptors (Lipinski definition) is 5. The second-order valence-corrected chi connectivity index (χ2v) is 8.30. The van der Waals surface area contributed by atoms with E-state index in [4.69, 9.17) is 27.9 Å². The van der Waals surface area contributed by atoms with Crippen LogP contribution in [0.25, 0.3) is 0 Å².